The van der Waals surface area contributed by atoms with Gasteiger partial charge >= 0.3 is 0 Å². The Labute approximate surface area is 118 Å². The predicted octanol–water partition coefficient (Wildman–Crippen LogP) is 4.27. The maximum absolute atomic E-state index is 6.35. The number of rotatable bonds is 3. The lowest BCUT2D eigenvalue weighted by atomic mass is 9.95. The summed E-state index contributed by atoms with van der Waals surface area (Å²) < 4.78 is 1.97. The Bertz CT molecular complexity index is 530. The quantitative estimate of drug-likeness (QED) is 0.906. The molecule has 4 heteroatoms. The summed E-state index contributed by atoms with van der Waals surface area (Å²) in [5.41, 5.74) is 2.09. The van der Waals surface area contributed by atoms with E-state index in [-0.39, 0.29) is 0 Å². The van der Waals surface area contributed by atoms with Crippen molar-refractivity contribution in [2.24, 2.45) is 0 Å². The Morgan fingerprint density at radius 1 is 1.21 bits per heavy atom. The van der Waals surface area contributed by atoms with Crippen molar-refractivity contribution in [1.29, 1.82) is 0 Å². The summed E-state index contributed by atoms with van der Waals surface area (Å²) in [5.74, 6) is 0. The van der Waals surface area contributed by atoms with Gasteiger partial charge in [-0.25, -0.2) is 4.98 Å². The number of hydrogen-bond acceptors (Lipinski definition) is 2. The lowest BCUT2D eigenvalue weighted by Crippen LogP contribution is -2.23. The molecule has 1 heterocycles. The van der Waals surface area contributed by atoms with Crippen LogP contribution in [0.25, 0.3) is 5.69 Å². The Morgan fingerprint density at radius 3 is 2.79 bits per heavy atom. The predicted molar refractivity (Wildman–Crippen MR) is 79.1 cm³/mol. The molecule has 0 atom stereocenters. The van der Waals surface area contributed by atoms with Crippen LogP contribution in [0.15, 0.2) is 36.9 Å². The zero-order valence-corrected chi connectivity index (χ0v) is 11.6. The van der Waals surface area contributed by atoms with Crippen LogP contribution in [-0.4, -0.2) is 15.6 Å². The third-order valence-electron chi connectivity index (χ3n) is 3.71. The van der Waals surface area contributed by atoms with Gasteiger partial charge in [-0.1, -0.05) is 36.9 Å². The molecule has 0 spiro atoms. The highest BCUT2D eigenvalue weighted by atomic mass is 35.5. The van der Waals surface area contributed by atoms with Crippen LogP contribution in [0.2, 0.25) is 5.02 Å². The van der Waals surface area contributed by atoms with E-state index >= 15 is 0 Å². The van der Waals surface area contributed by atoms with Crippen molar-refractivity contribution in [2.45, 2.75) is 38.1 Å². The van der Waals surface area contributed by atoms with Crippen LogP contribution in [0.3, 0.4) is 0 Å². The van der Waals surface area contributed by atoms with E-state index in [1.165, 1.54) is 32.1 Å². The van der Waals surface area contributed by atoms with Crippen molar-refractivity contribution >= 4 is 17.3 Å². The summed E-state index contributed by atoms with van der Waals surface area (Å²) in [4.78, 5) is 4.10. The standard InChI is InChI=1S/C15H18ClN3/c16-13-7-4-8-14(15(13)19-10-9-17-11-19)18-12-5-2-1-3-6-12/h4,7-12,18H,1-3,5-6H2. The first-order valence-electron chi connectivity index (χ1n) is 6.88. The number of nitrogens with zero attached hydrogens (tertiary/aromatic N) is 2. The molecular formula is C15H18ClN3. The van der Waals surface area contributed by atoms with Gasteiger partial charge in [-0.15, -0.1) is 0 Å². The van der Waals surface area contributed by atoms with Gasteiger partial charge in [0.05, 0.1) is 22.7 Å². The zero-order valence-electron chi connectivity index (χ0n) is 10.8. The molecule has 0 radical (unpaired) electrons. The number of benzene rings is 1. The second-order valence-corrected chi connectivity index (χ2v) is 5.49. The molecule has 0 aliphatic heterocycles. The molecule has 1 aromatic heterocycles. The number of imidazole rings is 1. The lowest BCUT2D eigenvalue weighted by Gasteiger charge is -2.25. The van der Waals surface area contributed by atoms with Crippen molar-refractivity contribution in [3.63, 3.8) is 0 Å². The summed E-state index contributed by atoms with van der Waals surface area (Å²) in [7, 11) is 0. The van der Waals surface area contributed by atoms with Crippen LogP contribution in [0.5, 0.6) is 0 Å². The van der Waals surface area contributed by atoms with Crippen LogP contribution < -0.4 is 5.32 Å². The number of hydrogen-bond donors (Lipinski definition) is 1. The molecule has 1 aromatic carbocycles. The zero-order chi connectivity index (χ0) is 13.1. The van der Waals surface area contributed by atoms with Gasteiger partial charge in [-0.2, -0.15) is 0 Å². The largest absolute Gasteiger partial charge is 0.381 e. The normalized spacial score (nSPS) is 16.5. The number of aromatic nitrogens is 2. The highest BCUT2D eigenvalue weighted by molar-refractivity contribution is 6.33. The monoisotopic (exact) mass is 275 g/mol. The molecule has 19 heavy (non-hydrogen) atoms. The fourth-order valence-corrected chi connectivity index (χ4v) is 3.02. The Hall–Kier alpha value is -1.48. The average molecular weight is 276 g/mol. The highest BCUT2D eigenvalue weighted by Crippen LogP contribution is 2.30. The van der Waals surface area contributed by atoms with Crippen molar-refractivity contribution in [2.75, 3.05) is 5.32 Å². The molecule has 2 aromatic rings. The molecule has 1 aliphatic carbocycles. The first-order valence-corrected chi connectivity index (χ1v) is 7.26. The number of halogens is 1. The Balaban J connectivity index is 1.90. The van der Waals surface area contributed by atoms with Gasteiger partial charge in [0.2, 0.25) is 0 Å². The fraction of sp³-hybridized carbons (Fsp3) is 0.400. The number of nitrogens with one attached hydrogen (secondary N) is 1. The summed E-state index contributed by atoms with van der Waals surface area (Å²) >= 11 is 6.35. The van der Waals surface area contributed by atoms with Crippen LogP contribution in [0.4, 0.5) is 5.69 Å². The van der Waals surface area contributed by atoms with E-state index < -0.39 is 0 Å². The third-order valence-corrected chi connectivity index (χ3v) is 4.02. The van der Waals surface area contributed by atoms with E-state index in [0.29, 0.717) is 6.04 Å². The molecule has 0 amide bonds. The van der Waals surface area contributed by atoms with Crippen molar-refractivity contribution in [1.82, 2.24) is 9.55 Å². The first-order chi connectivity index (χ1) is 9.34. The highest BCUT2D eigenvalue weighted by Gasteiger charge is 2.16. The molecule has 0 unspecified atom stereocenters. The van der Waals surface area contributed by atoms with Gasteiger partial charge in [-0.05, 0) is 25.0 Å². The van der Waals surface area contributed by atoms with E-state index in [1.54, 1.807) is 12.5 Å². The minimum atomic E-state index is 0.564. The topological polar surface area (TPSA) is 29.9 Å². The molecule has 0 bridgehead atoms. The van der Waals surface area contributed by atoms with Gasteiger partial charge in [-0.3, -0.25) is 0 Å². The maximum atomic E-state index is 6.35. The fourth-order valence-electron chi connectivity index (χ4n) is 2.75. The van der Waals surface area contributed by atoms with Crippen molar-refractivity contribution in [3.05, 3.63) is 41.9 Å². The Kier molecular flexibility index (Phi) is 3.74. The van der Waals surface area contributed by atoms with Crippen LogP contribution in [0.1, 0.15) is 32.1 Å². The number of para-hydroxylation sites is 1. The first kappa shape index (κ1) is 12.5. The van der Waals surface area contributed by atoms with Gasteiger partial charge in [0.1, 0.15) is 0 Å². The molecular weight excluding hydrogens is 258 g/mol. The number of anilines is 1. The summed E-state index contributed by atoms with van der Waals surface area (Å²) in [6.07, 6.45) is 12.0. The average Bonchev–Trinajstić information content (AvgIpc) is 2.94. The maximum Gasteiger partial charge on any atom is 0.0992 e. The van der Waals surface area contributed by atoms with Gasteiger partial charge in [0, 0.05) is 18.4 Å². The van der Waals surface area contributed by atoms with Gasteiger partial charge < -0.3 is 9.88 Å². The molecule has 3 rings (SSSR count). The van der Waals surface area contributed by atoms with Crippen LogP contribution in [0, 0.1) is 0 Å². The molecule has 1 saturated carbocycles. The lowest BCUT2D eigenvalue weighted by molar-refractivity contribution is 0.462. The molecule has 100 valence electrons. The third kappa shape index (κ3) is 2.76. The molecule has 1 N–H and O–H groups in total. The molecule has 1 aliphatic rings. The van der Waals surface area contributed by atoms with E-state index in [2.05, 4.69) is 16.4 Å². The Morgan fingerprint density at radius 2 is 2.05 bits per heavy atom. The second-order valence-electron chi connectivity index (χ2n) is 5.09. The molecule has 1 fully saturated rings. The van der Waals surface area contributed by atoms with E-state index in [0.717, 1.165) is 16.4 Å². The second kappa shape index (κ2) is 5.66. The minimum Gasteiger partial charge on any atom is -0.381 e. The smallest absolute Gasteiger partial charge is 0.0992 e. The van der Waals surface area contributed by atoms with E-state index in [9.17, 15) is 0 Å². The van der Waals surface area contributed by atoms with Crippen molar-refractivity contribution in [3.8, 4) is 5.69 Å². The summed E-state index contributed by atoms with van der Waals surface area (Å²) in [5, 5.41) is 4.39. The minimum absolute atomic E-state index is 0.564. The SMILES string of the molecule is Clc1cccc(NC2CCCCC2)c1-n1ccnc1. The van der Waals surface area contributed by atoms with Gasteiger partial charge in [0.25, 0.3) is 0 Å². The van der Waals surface area contributed by atoms with E-state index in [4.69, 9.17) is 11.6 Å². The van der Waals surface area contributed by atoms with E-state index in [1.807, 2.05) is 22.9 Å². The summed E-state index contributed by atoms with van der Waals surface area (Å²) in [6.45, 7) is 0. The summed E-state index contributed by atoms with van der Waals surface area (Å²) in [6, 6.07) is 6.57. The van der Waals surface area contributed by atoms with Crippen LogP contribution >= 0.6 is 11.6 Å². The molecule has 0 saturated heterocycles. The van der Waals surface area contributed by atoms with Crippen LogP contribution in [-0.2, 0) is 0 Å². The van der Waals surface area contributed by atoms with Crippen molar-refractivity contribution < 1.29 is 0 Å². The van der Waals surface area contributed by atoms with Gasteiger partial charge in [0.15, 0.2) is 0 Å². The molecule has 3 nitrogen and oxygen atoms in total.